The number of halogens is 1. The van der Waals surface area contributed by atoms with Gasteiger partial charge >= 0.3 is 0 Å². The van der Waals surface area contributed by atoms with Crippen molar-refractivity contribution in [3.63, 3.8) is 0 Å². The Labute approximate surface area is 116 Å². The normalized spacial score (nSPS) is 24.4. The molecular weight excluding hydrogens is 327 g/mol. The van der Waals surface area contributed by atoms with Crippen LogP contribution in [0.4, 0.5) is 0 Å². The summed E-state index contributed by atoms with van der Waals surface area (Å²) in [6.45, 7) is 2.88. The van der Waals surface area contributed by atoms with Crippen LogP contribution in [-0.4, -0.2) is 23.4 Å². The second-order valence-corrected chi connectivity index (χ2v) is 5.70. The minimum absolute atomic E-state index is 0.0529. The third-order valence-electron chi connectivity index (χ3n) is 3.13. The smallest absolute Gasteiger partial charge is 0.224 e. The molecule has 0 spiro atoms. The molecule has 2 N–H and O–H groups in total. The molecule has 1 saturated heterocycles. The van der Waals surface area contributed by atoms with E-state index in [9.17, 15) is 4.79 Å². The number of hydrogen-bond donors (Lipinski definition) is 1. The van der Waals surface area contributed by atoms with Crippen LogP contribution in [0.5, 0.6) is 0 Å². The highest BCUT2D eigenvalue weighted by Crippen LogP contribution is 2.32. The van der Waals surface area contributed by atoms with Crippen LogP contribution in [0.2, 0.25) is 0 Å². The third-order valence-corrected chi connectivity index (χ3v) is 3.80. The number of benzene rings is 1. The summed E-state index contributed by atoms with van der Waals surface area (Å²) in [7, 11) is 0. The van der Waals surface area contributed by atoms with Crippen LogP contribution < -0.4 is 5.73 Å². The van der Waals surface area contributed by atoms with Gasteiger partial charge in [-0.15, -0.1) is 0 Å². The third kappa shape index (κ3) is 2.63. The van der Waals surface area contributed by atoms with Crippen LogP contribution in [0.25, 0.3) is 0 Å². The quantitative estimate of drug-likeness (QED) is 0.856. The van der Waals surface area contributed by atoms with Crippen LogP contribution in [0.15, 0.2) is 24.3 Å². The van der Waals surface area contributed by atoms with Gasteiger partial charge in [-0.05, 0) is 46.7 Å². The number of amides is 1. The van der Waals surface area contributed by atoms with Gasteiger partial charge in [-0.3, -0.25) is 4.79 Å². The Morgan fingerprint density at radius 3 is 2.94 bits per heavy atom. The van der Waals surface area contributed by atoms with Crippen molar-refractivity contribution in [1.82, 2.24) is 4.90 Å². The van der Waals surface area contributed by atoms with Gasteiger partial charge in [0.2, 0.25) is 5.91 Å². The first-order valence-corrected chi connectivity index (χ1v) is 7.02. The molecule has 17 heavy (non-hydrogen) atoms. The topological polar surface area (TPSA) is 46.3 Å². The van der Waals surface area contributed by atoms with Crippen molar-refractivity contribution in [2.45, 2.75) is 31.8 Å². The first kappa shape index (κ1) is 12.8. The van der Waals surface area contributed by atoms with Crippen molar-refractivity contribution >= 4 is 28.5 Å². The van der Waals surface area contributed by atoms with Crippen molar-refractivity contribution in [2.75, 3.05) is 6.54 Å². The molecule has 0 radical (unpaired) electrons. The first-order valence-electron chi connectivity index (χ1n) is 5.94. The summed E-state index contributed by atoms with van der Waals surface area (Å²) < 4.78 is 1.18. The van der Waals surface area contributed by atoms with Gasteiger partial charge in [-0.2, -0.15) is 0 Å². The zero-order valence-corrected chi connectivity index (χ0v) is 12.1. The van der Waals surface area contributed by atoms with E-state index >= 15 is 0 Å². The summed E-state index contributed by atoms with van der Waals surface area (Å²) in [4.78, 5) is 13.8. The summed E-state index contributed by atoms with van der Waals surface area (Å²) in [5.41, 5.74) is 7.26. The minimum atomic E-state index is -0.0766. The zero-order chi connectivity index (χ0) is 12.4. The maximum atomic E-state index is 11.9. The van der Waals surface area contributed by atoms with Crippen LogP contribution in [0.1, 0.15) is 31.4 Å². The maximum absolute atomic E-state index is 11.9. The van der Waals surface area contributed by atoms with E-state index in [1.54, 1.807) is 0 Å². The lowest BCUT2D eigenvalue weighted by atomic mass is 10.0. The van der Waals surface area contributed by atoms with Gasteiger partial charge in [-0.25, -0.2) is 0 Å². The summed E-state index contributed by atoms with van der Waals surface area (Å²) in [5, 5.41) is 0. The molecule has 2 atom stereocenters. The van der Waals surface area contributed by atoms with Crippen molar-refractivity contribution in [3.8, 4) is 0 Å². The van der Waals surface area contributed by atoms with Gasteiger partial charge in [0.15, 0.2) is 0 Å². The van der Waals surface area contributed by atoms with Gasteiger partial charge in [0.1, 0.15) is 0 Å². The number of hydrogen-bond acceptors (Lipinski definition) is 2. The van der Waals surface area contributed by atoms with Crippen LogP contribution >= 0.6 is 22.6 Å². The van der Waals surface area contributed by atoms with E-state index < -0.39 is 0 Å². The molecule has 0 bridgehead atoms. The van der Waals surface area contributed by atoms with Crippen LogP contribution in [-0.2, 0) is 4.79 Å². The molecule has 1 aliphatic rings. The van der Waals surface area contributed by atoms with Gasteiger partial charge in [-0.1, -0.05) is 19.1 Å². The maximum Gasteiger partial charge on any atom is 0.224 e. The van der Waals surface area contributed by atoms with Gasteiger partial charge in [0.05, 0.1) is 6.04 Å². The highest BCUT2D eigenvalue weighted by atomic mass is 127. The Kier molecular flexibility index (Phi) is 4.04. The van der Waals surface area contributed by atoms with E-state index in [4.69, 9.17) is 5.73 Å². The molecule has 4 heteroatoms. The van der Waals surface area contributed by atoms with E-state index in [1.165, 1.54) is 3.57 Å². The Morgan fingerprint density at radius 2 is 2.29 bits per heavy atom. The Bertz CT molecular complexity index is 422. The lowest BCUT2D eigenvalue weighted by Gasteiger charge is -2.27. The van der Waals surface area contributed by atoms with Crippen molar-refractivity contribution in [3.05, 3.63) is 33.4 Å². The number of carbonyl (C=O) groups excluding carboxylic acids is 1. The van der Waals surface area contributed by atoms with Crippen LogP contribution in [0.3, 0.4) is 0 Å². The number of rotatable bonds is 3. The predicted molar refractivity (Wildman–Crippen MR) is 76.5 cm³/mol. The molecule has 1 aromatic carbocycles. The Hall–Kier alpha value is -0.620. The molecule has 1 amide bonds. The second kappa shape index (κ2) is 5.35. The number of carbonyl (C=O) groups is 1. The minimum Gasteiger partial charge on any atom is -0.334 e. The summed E-state index contributed by atoms with van der Waals surface area (Å²) in [6.07, 6.45) is 1.44. The largest absolute Gasteiger partial charge is 0.334 e. The SMILES string of the molecule is CCCN1C(=O)CC(N)C1c1cccc(I)c1. The van der Waals surface area contributed by atoms with Crippen molar-refractivity contribution < 1.29 is 4.79 Å². The highest BCUT2D eigenvalue weighted by molar-refractivity contribution is 14.1. The summed E-state index contributed by atoms with van der Waals surface area (Å²) >= 11 is 2.29. The summed E-state index contributed by atoms with van der Waals surface area (Å²) in [6, 6.07) is 8.23. The predicted octanol–water partition coefficient (Wildman–Crippen LogP) is 2.30. The molecule has 1 aromatic rings. The molecule has 1 heterocycles. The lowest BCUT2D eigenvalue weighted by Crippen LogP contribution is -2.33. The lowest BCUT2D eigenvalue weighted by molar-refractivity contribution is -0.129. The monoisotopic (exact) mass is 344 g/mol. The molecular formula is C13H17IN2O. The van der Waals surface area contributed by atoms with E-state index in [-0.39, 0.29) is 18.0 Å². The van der Waals surface area contributed by atoms with Crippen LogP contribution in [0, 0.1) is 3.57 Å². The van der Waals surface area contributed by atoms with Gasteiger partial charge in [0.25, 0.3) is 0 Å². The van der Waals surface area contributed by atoms with Crippen molar-refractivity contribution in [2.24, 2.45) is 5.73 Å². The number of nitrogens with two attached hydrogens (primary N) is 1. The second-order valence-electron chi connectivity index (χ2n) is 4.45. The fourth-order valence-electron chi connectivity index (χ4n) is 2.44. The van der Waals surface area contributed by atoms with Gasteiger partial charge in [0, 0.05) is 22.6 Å². The van der Waals surface area contributed by atoms with Crippen molar-refractivity contribution in [1.29, 1.82) is 0 Å². The van der Waals surface area contributed by atoms with E-state index in [1.807, 2.05) is 11.0 Å². The van der Waals surface area contributed by atoms with Gasteiger partial charge < -0.3 is 10.6 Å². The molecule has 2 unspecified atom stereocenters. The number of likely N-dealkylation sites (tertiary alicyclic amines) is 1. The zero-order valence-electron chi connectivity index (χ0n) is 9.90. The fourth-order valence-corrected chi connectivity index (χ4v) is 3.01. The molecule has 0 aromatic heterocycles. The average Bonchev–Trinajstić information content (AvgIpc) is 2.54. The molecule has 1 aliphatic heterocycles. The molecule has 0 saturated carbocycles. The molecule has 92 valence electrons. The van der Waals surface area contributed by atoms with E-state index in [2.05, 4.69) is 47.7 Å². The molecule has 1 fully saturated rings. The highest BCUT2D eigenvalue weighted by Gasteiger charge is 2.37. The number of nitrogens with zero attached hydrogens (tertiary/aromatic N) is 1. The molecule has 2 rings (SSSR count). The van der Waals surface area contributed by atoms with E-state index in [0.29, 0.717) is 6.42 Å². The molecule has 3 nitrogen and oxygen atoms in total. The fraction of sp³-hybridized carbons (Fsp3) is 0.462. The first-order chi connectivity index (χ1) is 8.13. The standard InChI is InChI=1S/C13H17IN2O/c1-2-6-16-12(17)8-11(15)13(16)9-4-3-5-10(14)7-9/h3-5,7,11,13H,2,6,8,15H2,1H3. The summed E-state index contributed by atoms with van der Waals surface area (Å²) in [5.74, 6) is 0.184. The average molecular weight is 344 g/mol. The Balaban J connectivity index is 2.31. The molecule has 0 aliphatic carbocycles. The Morgan fingerprint density at radius 1 is 1.53 bits per heavy atom. The van der Waals surface area contributed by atoms with E-state index in [0.717, 1.165) is 18.5 Å².